The maximum absolute atomic E-state index is 12.5. The highest BCUT2D eigenvalue weighted by atomic mass is 16.1. The summed E-state index contributed by atoms with van der Waals surface area (Å²) in [5.41, 5.74) is 1.19. The molecule has 1 unspecified atom stereocenters. The third kappa shape index (κ3) is 6.60. The summed E-state index contributed by atoms with van der Waals surface area (Å²) in [5, 5.41) is 0. The first-order chi connectivity index (χ1) is 10.9. The molecule has 0 heterocycles. The molecular weight excluding hydrogens is 268 g/mol. The van der Waals surface area contributed by atoms with E-state index >= 15 is 0 Å². The smallest absolute Gasteiger partial charge is 0.139 e. The van der Waals surface area contributed by atoms with Crippen LogP contribution in [0.1, 0.15) is 76.2 Å². The summed E-state index contributed by atoms with van der Waals surface area (Å²) in [6.45, 7) is 0. The van der Waals surface area contributed by atoms with Gasteiger partial charge in [0.05, 0.1) is 0 Å². The zero-order chi connectivity index (χ0) is 15.5. The molecule has 0 aliphatic heterocycles. The third-order valence-corrected chi connectivity index (χ3v) is 4.67. The van der Waals surface area contributed by atoms with E-state index in [9.17, 15) is 4.79 Å². The van der Waals surface area contributed by atoms with Gasteiger partial charge in [0.1, 0.15) is 5.78 Å². The van der Waals surface area contributed by atoms with E-state index in [1.807, 2.05) is 18.2 Å². The SMILES string of the molecule is O=C1CCCCCCCCCCCC1/C=C/c1ccccc1. The van der Waals surface area contributed by atoms with Crippen molar-refractivity contribution < 1.29 is 4.79 Å². The van der Waals surface area contributed by atoms with Crippen LogP contribution in [-0.2, 0) is 4.79 Å². The average molecular weight is 298 g/mol. The molecule has 1 fully saturated rings. The predicted molar refractivity (Wildman–Crippen MR) is 94.8 cm³/mol. The summed E-state index contributed by atoms with van der Waals surface area (Å²) in [6, 6.07) is 10.3. The van der Waals surface area contributed by atoms with Crippen LogP contribution in [0.2, 0.25) is 0 Å². The lowest BCUT2D eigenvalue weighted by molar-refractivity contribution is -0.121. The van der Waals surface area contributed by atoms with Gasteiger partial charge in [-0.3, -0.25) is 4.79 Å². The summed E-state index contributed by atoms with van der Waals surface area (Å²) < 4.78 is 0. The van der Waals surface area contributed by atoms with E-state index in [4.69, 9.17) is 0 Å². The fraction of sp³-hybridized carbons (Fsp3) is 0.571. The van der Waals surface area contributed by atoms with E-state index in [0.29, 0.717) is 5.78 Å². The van der Waals surface area contributed by atoms with E-state index < -0.39 is 0 Å². The number of Topliss-reactive ketones (excluding diaryl/α,β-unsaturated/α-hetero) is 1. The Morgan fingerprint density at radius 2 is 1.36 bits per heavy atom. The first-order valence-electron chi connectivity index (χ1n) is 9.12. The molecule has 0 N–H and O–H groups in total. The monoisotopic (exact) mass is 298 g/mol. The fourth-order valence-corrected chi connectivity index (χ4v) is 3.24. The molecule has 0 aromatic heterocycles. The molecule has 1 aromatic rings. The van der Waals surface area contributed by atoms with E-state index in [-0.39, 0.29) is 5.92 Å². The molecule has 1 saturated carbocycles. The van der Waals surface area contributed by atoms with Crippen molar-refractivity contribution in [1.82, 2.24) is 0 Å². The molecule has 2 rings (SSSR count). The van der Waals surface area contributed by atoms with Crippen LogP contribution in [0.5, 0.6) is 0 Å². The van der Waals surface area contributed by atoms with E-state index in [2.05, 4.69) is 24.3 Å². The molecule has 0 saturated heterocycles. The topological polar surface area (TPSA) is 17.1 Å². The Bertz CT molecular complexity index is 446. The Hall–Kier alpha value is -1.37. The molecule has 0 amide bonds. The number of rotatable bonds is 2. The van der Waals surface area contributed by atoms with Gasteiger partial charge in [0, 0.05) is 12.3 Å². The van der Waals surface area contributed by atoms with Gasteiger partial charge in [0.15, 0.2) is 0 Å². The second-order valence-corrected chi connectivity index (χ2v) is 6.56. The van der Waals surface area contributed by atoms with Gasteiger partial charge in [-0.1, -0.05) is 93.9 Å². The average Bonchev–Trinajstić information content (AvgIpc) is 2.57. The van der Waals surface area contributed by atoms with Gasteiger partial charge in [-0.05, 0) is 18.4 Å². The summed E-state index contributed by atoms with van der Waals surface area (Å²) in [4.78, 5) is 12.5. The van der Waals surface area contributed by atoms with E-state index in [1.165, 1.54) is 56.9 Å². The van der Waals surface area contributed by atoms with Crippen molar-refractivity contribution in [2.24, 2.45) is 5.92 Å². The Labute approximate surface area is 135 Å². The summed E-state index contributed by atoms with van der Waals surface area (Å²) in [7, 11) is 0. The zero-order valence-corrected chi connectivity index (χ0v) is 13.8. The molecule has 1 atom stereocenters. The van der Waals surface area contributed by atoms with Crippen molar-refractivity contribution in [3.8, 4) is 0 Å². The molecule has 1 heteroatoms. The Morgan fingerprint density at radius 3 is 2.05 bits per heavy atom. The highest BCUT2D eigenvalue weighted by Gasteiger charge is 2.14. The molecule has 1 nitrogen and oxygen atoms in total. The van der Waals surface area contributed by atoms with Gasteiger partial charge < -0.3 is 0 Å². The van der Waals surface area contributed by atoms with Crippen molar-refractivity contribution >= 4 is 11.9 Å². The van der Waals surface area contributed by atoms with Gasteiger partial charge in [0.2, 0.25) is 0 Å². The number of allylic oxidation sites excluding steroid dienone is 1. The number of hydrogen-bond donors (Lipinski definition) is 0. The largest absolute Gasteiger partial charge is 0.299 e. The van der Waals surface area contributed by atoms with Crippen molar-refractivity contribution in [2.75, 3.05) is 0 Å². The van der Waals surface area contributed by atoms with Gasteiger partial charge in [0.25, 0.3) is 0 Å². The Balaban J connectivity index is 1.94. The minimum atomic E-state index is 0.126. The molecular formula is C21H30O. The number of hydrogen-bond acceptors (Lipinski definition) is 1. The van der Waals surface area contributed by atoms with Crippen molar-refractivity contribution in [3.05, 3.63) is 42.0 Å². The maximum Gasteiger partial charge on any atom is 0.139 e. The van der Waals surface area contributed by atoms with Gasteiger partial charge >= 0.3 is 0 Å². The molecule has 0 bridgehead atoms. The van der Waals surface area contributed by atoms with Crippen LogP contribution < -0.4 is 0 Å². The van der Waals surface area contributed by atoms with Crippen LogP contribution in [0.3, 0.4) is 0 Å². The number of carbonyl (C=O) groups is 1. The first kappa shape index (κ1) is 17.0. The lowest BCUT2D eigenvalue weighted by Gasteiger charge is -2.11. The Kier molecular flexibility index (Phi) is 8.01. The van der Waals surface area contributed by atoms with Gasteiger partial charge in [-0.25, -0.2) is 0 Å². The molecule has 120 valence electrons. The minimum Gasteiger partial charge on any atom is -0.299 e. The molecule has 22 heavy (non-hydrogen) atoms. The molecule has 1 aliphatic rings. The van der Waals surface area contributed by atoms with Crippen molar-refractivity contribution in [2.45, 2.75) is 70.6 Å². The van der Waals surface area contributed by atoms with Crippen LogP contribution in [0.15, 0.2) is 36.4 Å². The molecule has 0 spiro atoms. The molecule has 1 aliphatic carbocycles. The van der Waals surface area contributed by atoms with Crippen molar-refractivity contribution in [1.29, 1.82) is 0 Å². The third-order valence-electron chi connectivity index (χ3n) is 4.67. The maximum atomic E-state index is 12.5. The summed E-state index contributed by atoms with van der Waals surface area (Å²) in [5.74, 6) is 0.576. The second-order valence-electron chi connectivity index (χ2n) is 6.56. The molecule has 1 aromatic carbocycles. The fourth-order valence-electron chi connectivity index (χ4n) is 3.24. The number of ketones is 1. The van der Waals surface area contributed by atoms with Crippen LogP contribution in [0.4, 0.5) is 0 Å². The summed E-state index contributed by atoms with van der Waals surface area (Å²) >= 11 is 0. The standard InChI is InChI=1S/C21H30O/c22-21-16-12-7-5-3-1-2-4-6-11-15-20(21)18-17-19-13-9-8-10-14-19/h8-10,13-14,17-18,20H,1-7,11-12,15-16H2/b18-17+. The second kappa shape index (κ2) is 10.4. The Morgan fingerprint density at radius 1 is 0.773 bits per heavy atom. The highest BCUT2D eigenvalue weighted by molar-refractivity contribution is 5.83. The quantitative estimate of drug-likeness (QED) is 0.636. The van der Waals surface area contributed by atoms with Crippen molar-refractivity contribution in [3.63, 3.8) is 0 Å². The first-order valence-corrected chi connectivity index (χ1v) is 9.12. The van der Waals surface area contributed by atoms with Crippen LogP contribution in [0, 0.1) is 5.92 Å². The normalized spacial score (nSPS) is 22.7. The van der Waals surface area contributed by atoms with Gasteiger partial charge in [-0.15, -0.1) is 0 Å². The van der Waals surface area contributed by atoms with Crippen LogP contribution in [-0.4, -0.2) is 5.78 Å². The van der Waals surface area contributed by atoms with Crippen LogP contribution in [0.25, 0.3) is 6.08 Å². The minimum absolute atomic E-state index is 0.126. The van der Waals surface area contributed by atoms with E-state index in [0.717, 1.165) is 19.3 Å². The van der Waals surface area contributed by atoms with Gasteiger partial charge in [-0.2, -0.15) is 0 Å². The number of benzene rings is 1. The lowest BCUT2D eigenvalue weighted by atomic mass is 9.92. The predicted octanol–water partition coefficient (Wildman–Crippen LogP) is 6.19. The van der Waals surface area contributed by atoms with Crippen LogP contribution >= 0.6 is 0 Å². The van der Waals surface area contributed by atoms with E-state index in [1.54, 1.807) is 0 Å². The zero-order valence-electron chi connectivity index (χ0n) is 13.8. The summed E-state index contributed by atoms with van der Waals surface area (Å²) in [6.07, 6.45) is 17.6. The molecule has 0 radical (unpaired) electrons. The number of carbonyl (C=O) groups excluding carboxylic acids is 1. The highest BCUT2D eigenvalue weighted by Crippen LogP contribution is 2.20. The lowest BCUT2D eigenvalue weighted by Crippen LogP contribution is -2.12.